The molecule has 170 valence electrons. The van der Waals surface area contributed by atoms with E-state index in [0.29, 0.717) is 25.0 Å². The second-order valence-corrected chi connectivity index (χ2v) is 8.88. The van der Waals surface area contributed by atoms with Gasteiger partial charge in [0.25, 0.3) is 5.91 Å². The van der Waals surface area contributed by atoms with Crippen LogP contribution in [0.25, 0.3) is 10.6 Å². The number of rotatable bonds is 4. The van der Waals surface area contributed by atoms with Gasteiger partial charge in [0, 0.05) is 25.8 Å². The lowest BCUT2D eigenvalue weighted by molar-refractivity contribution is -0.0184. The Morgan fingerprint density at radius 2 is 2.00 bits per heavy atom. The fourth-order valence-electron chi connectivity index (χ4n) is 4.09. The molecule has 1 atom stereocenters. The highest BCUT2D eigenvalue weighted by Gasteiger charge is 2.37. The minimum Gasteiger partial charge on any atom is -0.389 e. The summed E-state index contributed by atoms with van der Waals surface area (Å²) < 4.78 is 58.0. The van der Waals surface area contributed by atoms with E-state index in [4.69, 9.17) is 5.73 Å². The summed E-state index contributed by atoms with van der Waals surface area (Å²) in [6, 6.07) is 3.39. The number of thiazole rings is 1. The molecule has 0 bridgehead atoms. The molecule has 1 unspecified atom stereocenters. The number of hydrogen-bond acceptors (Lipinski definition) is 5. The van der Waals surface area contributed by atoms with Crippen molar-refractivity contribution in [1.29, 1.82) is 0 Å². The first kappa shape index (κ1) is 22.3. The van der Waals surface area contributed by atoms with Gasteiger partial charge in [0.15, 0.2) is 5.69 Å². The van der Waals surface area contributed by atoms with Crippen LogP contribution in [0.3, 0.4) is 0 Å². The molecular weight excluding hydrogens is 446 g/mol. The van der Waals surface area contributed by atoms with E-state index in [0.717, 1.165) is 23.5 Å². The number of nitrogens with two attached hydrogens (primary N) is 1. The van der Waals surface area contributed by atoms with Crippen LogP contribution in [-0.4, -0.2) is 26.6 Å². The van der Waals surface area contributed by atoms with Crippen LogP contribution in [-0.2, 0) is 7.05 Å². The average molecular weight is 467 g/mol. The van der Waals surface area contributed by atoms with Gasteiger partial charge in [-0.3, -0.25) is 9.48 Å². The van der Waals surface area contributed by atoms with Gasteiger partial charge in [0.1, 0.15) is 21.6 Å². The zero-order chi connectivity index (χ0) is 23.0. The van der Waals surface area contributed by atoms with Crippen molar-refractivity contribution in [2.75, 3.05) is 11.1 Å². The Bertz CT molecular complexity index is 1140. The van der Waals surface area contributed by atoms with E-state index in [1.54, 1.807) is 7.05 Å². The molecule has 4 rings (SSSR count). The summed E-state index contributed by atoms with van der Waals surface area (Å²) in [6.07, 6.45) is 2.53. The molecule has 1 fully saturated rings. The third-order valence-corrected chi connectivity index (χ3v) is 6.46. The van der Waals surface area contributed by atoms with Crippen molar-refractivity contribution in [2.45, 2.75) is 43.9 Å². The van der Waals surface area contributed by atoms with E-state index in [1.807, 2.05) is 0 Å². The molecule has 0 spiro atoms. The van der Waals surface area contributed by atoms with Gasteiger partial charge < -0.3 is 11.1 Å². The molecule has 2 aromatic heterocycles. The monoisotopic (exact) mass is 467 g/mol. The van der Waals surface area contributed by atoms with Crippen LogP contribution in [0.4, 0.5) is 28.3 Å². The number of hydrogen-bond donors (Lipinski definition) is 2. The third-order valence-electron chi connectivity index (χ3n) is 5.55. The SMILES string of the molecule is Cn1ncc(NC(=O)c2nc(-c3c(F)cccc3F)sc2N)c1C1CCCCC(F)(F)C1. The van der Waals surface area contributed by atoms with Crippen molar-refractivity contribution in [3.63, 3.8) is 0 Å². The van der Waals surface area contributed by atoms with E-state index in [1.165, 1.54) is 16.9 Å². The minimum atomic E-state index is -2.79. The highest BCUT2D eigenvalue weighted by atomic mass is 32.1. The van der Waals surface area contributed by atoms with Gasteiger partial charge in [-0.25, -0.2) is 22.5 Å². The Morgan fingerprint density at radius 3 is 2.72 bits per heavy atom. The predicted molar refractivity (Wildman–Crippen MR) is 114 cm³/mol. The van der Waals surface area contributed by atoms with Gasteiger partial charge in [-0.2, -0.15) is 5.10 Å². The number of aromatic nitrogens is 3. The summed E-state index contributed by atoms with van der Waals surface area (Å²) in [6.45, 7) is 0. The van der Waals surface area contributed by atoms with Gasteiger partial charge in [0.05, 0.1) is 23.1 Å². The maximum absolute atomic E-state index is 14.2. The van der Waals surface area contributed by atoms with E-state index < -0.39 is 29.4 Å². The van der Waals surface area contributed by atoms with Gasteiger partial charge in [-0.05, 0) is 25.0 Å². The largest absolute Gasteiger partial charge is 0.389 e. The number of carbonyl (C=O) groups excluding carboxylic acids is 1. The normalized spacial score (nSPS) is 18.3. The molecule has 6 nitrogen and oxygen atoms in total. The van der Waals surface area contributed by atoms with Gasteiger partial charge in [0.2, 0.25) is 5.92 Å². The van der Waals surface area contributed by atoms with Crippen molar-refractivity contribution in [1.82, 2.24) is 14.8 Å². The Kier molecular flexibility index (Phi) is 5.93. The molecule has 0 radical (unpaired) electrons. The lowest BCUT2D eigenvalue weighted by Crippen LogP contribution is -2.21. The van der Waals surface area contributed by atoms with Crippen LogP contribution in [0, 0.1) is 11.6 Å². The molecule has 3 aromatic rings. The number of alkyl halides is 2. The Labute approximate surface area is 185 Å². The van der Waals surface area contributed by atoms with Crippen LogP contribution in [0.15, 0.2) is 24.4 Å². The lowest BCUT2D eigenvalue weighted by atomic mass is 9.94. The van der Waals surface area contributed by atoms with E-state index in [9.17, 15) is 22.4 Å². The number of nitrogens with one attached hydrogen (secondary N) is 1. The predicted octanol–water partition coefficient (Wildman–Crippen LogP) is 5.34. The second-order valence-electron chi connectivity index (χ2n) is 7.85. The third kappa shape index (κ3) is 4.34. The zero-order valence-corrected chi connectivity index (χ0v) is 18.0. The number of amides is 1. The van der Waals surface area contributed by atoms with Gasteiger partial charge in [-0.1, -0.05) is 23.8 Å². The lowest BCUT2D eigenvalue weighted by Gasteiger charge is -2.21. The highest BCUT2D eigenvalue weighted by molar-refractivity contribution is 7.19. The van der Waals surface area contributed by atoms with Crippen molar-refractivity contribution in [3.8, 4) is 10.6 Å². The fraction of sp³-hybridized carbons (Fsp3) is 0.381. The number of carbonyl (C=O) groups is 1. The molecule has 11 heteroatoms. The molecule has 0 saturated heterocycles. The molecule has 1 aliphatic rings. The second kappa shape index (κ2) is 8.53. The molecule has 2 heterocycles. The van der Waals surface area contributed by atoms with Crippen LogP contribution in [0.5, 0.6) is 0 Å². The maximum Gasteiger partial charge on any atom is 0.277 e. The van der Waals surface area contributed by atoms with Crippen LogP contribution >= 0.6 is 11.3 Å². The fourth-order valence-corrected chi connectivity index (χ4v) is 4.96. The van der Waals surface area contributed by atoms with Crippen LogP contribution < -0.4 is 11.1 Å². The van der Waals surface area contributed by atoms with E-state index in [2.05, 4.69) is 15.4 Å². The first-order chi connectivity index (χ1) is 15.2. The number of aryl methyl sites for hydroxylation is 1. The number of nitrogens with zero attached hydrogens (tertiary/aromatic N) is 3. The molecule has 3 N–H and O–H groups in total. The molecule has 1 aliphatic carbocycles. The summed E-state index contributed by atoms with van der Waals surface area (Å²) in [5.41, 5.74) is 6.11. The summed E-state index contributed by atoms with van der Waals surface area (Å²) in [7, 11) is 1.63. The van der Waals surface area contributed by atoms with Crippen molar-refractivity contribution in [2.24, 2.45) is 7.05 Å². The smallest absolute Gasteiger partial charge is 0.277 e. The number of nitrogen functional groups attached to an aromatic ring is 1. The maximum atomic E-state index is 14.2. The standard InChI is InChI=1S/C21H21F4N5OS/c1-30-17(11-5-2-3-8-21(24,25)9-11)14(10-27-30)28-19(31)16-18(26)32-20(29-16)15-12(22)6-4-7-13(15)23/h4,6-7,10-11H,2-3,5,8-9,26H2,1H3,(H,28,31). The Hall–Kier alpha value is -2.95. The molecule has 32 heavy (non-hydrogen) atoms. The average Bonchev–Trinajstić information content (AvgIpc) is 3.20. The van der Waals surface area contributed by atoms with Crippen LogP contribution in [0.1, 0.15) is 54.2 Å². The van der Waals surface area contributed by atoms with E-state index >= 15 is 0 Å². The topological polar surface area (TPSA) is 85.8 Å². The van der Waals surface area contributed by atoms with Crippen LogP contribution in [0.2, 0.25) is 0 Å². The van der Waals surface area contributed by atoms with E-state index in [-0.39, 0.29) is 39.8 Å². The summed E-state index contributed by atoms with van der Waals surface area (Å²) in [4.78, 5) is 16.9. The van der Waals surface area contributed by atoms with Crippen molar-refractivity contribution >= 4 is 27.9 Å². The number of benzene rings is 1. The van der Waals surface area contributed by atoms with Gasteiger partial charge >= 0.3 is 0 Å². The number of halogens is 4. The number of anilines is 2. The Balaban J connectivity index is 1.62. The summed E-state index contributed by atoms with van der Waals surface area (Å²) >= 11 is 0.780. The molecule has 1 aromatic carbocycles. The summed E-state index contributed by atoms with van der Waals surface area (Å²) in [5.74, 6) is -5.63. The van der Waals surface area contributed by atoms with Gasteiger partial charge in [-0.15, -0.1) is 0 Å². The molecule has 0 aliphatic heterocycles. The minimum absolute atomic E-state index is 0.0217. The molecular formula is C21H21F4N5OS. The van der Waals surface area contributed by atoms with Crippen molar-refractivity contribution < 1.29 is 22.4 Å². The Morgan fingerprint density at radius 1 is 1.28 bits per heavy atom. The molecule has 1 amide bonds. The summed E-state index contributed by atoms with van der Waals surface area (Å²) in [5, 5.41) is 6.67. The first-order valence-corrected chi connectivity index (χ1v) is 10.9. The quantitative estimate of drug-likeness (QED) is 0.401. The molecule has 1 saturated carbocycles. The zero-order valence-electron chi connectivity index (χ0n) is 17.2. The highest BCUT2D eigenvalue weighted by Crippen LogP contribution is 2.42. The first-order valence-electron chi connectivity index (χ1n) is 10.1. The van der Waals surface area contributed by atoms with Crippen molar-refractivity contribution in [3.05, 3.63) is 47.4 Å².